The van der Waals surface area contributed by atoms with Crippen molar-refractivity contribution in [2.75, 3.05) is 18.0 Å². The van der Waals surface area contributed by atoms with Crippen LogP contribution in [0.25, 0.3) is 22.0 Å². The number of hydrogen-bond donors (Lipinski definition) is 1. The van der Waals surface area contributed by atoms with E-state index < -0.39 is 0 Å². The number of primary amides is 1. The molecule has 1 aliphatic heterocycles. The number of nitrogens with two attached hydrogens (primary N) is 1. The van der Waals surface area contributed by atoms with Gasteiger partial charge >= 0.3 is 0 Å². The zero-order chi connectivity index (χ0) is 20.5. The van der Waals surface area contributed by atoms with Gasteiger partial charge < -0.3 is 10.6 Å². The van der Waals surface area contributed by atoms with Crippen LogP contribution in [-0.2, 0) is 4.79 Å². The summed E-state index contributed by atoms with van der Waals surface area (Å²) in [5, 5.41) is 2.29. The van der Waals surface area contributed by atoms with E-state index in [2.05, 4.69) is 23.1 Å². The van der Waals surface area contributed by atoms with Crippen LogP contribution in [-0.4, -0.2) is 24.0 Å². The summed E-state index contributed by atoms with van der Waals surface area (Å²) in [6.45, 7) is 3.58. The molecule has 2 N–H and O–H groups in total. The number of amides is 1. The van der Waals surface area contributed by atoms with Crippen LogP contribution in [0, 0.1) is 6.92 Å². The van der Waals surface area contributed by atoms with Crippen LogP contribution in [0.1, 0.15) is 18.5 Å². The highest BCUT2D eigenvalue weighted by molar-refractivity contribution is 6.36. The normalized spacial score (nSPS) is 14.2. The second-order valence-electron chi connectivity index (χ2n) is 7.31. The van der Waals surface area contributed by atoms with Crippen LogP contribution in [0.2, 0.25) is 10.0 Å². The molecule has 4 nitrogen and oxygen atoms in total. The van der Waals surface area contributed by atoms with Gasteiger partial charge in [-0.25, -0.2) is 0 Å². The Morgan fingerprint density at radius 3 is 2.69 bits per heavy atom. The highest BCUT2D eigenvalue weighted by Gasteiger charge is 2.18. The van der Waals surface area contributed by atoms with Gasteiger partial charge in [0.25, 0.3) is 0 Å². The number of para-hydroxylation sites is 1. The molecular weight excluding hydrogens is 405 g/mol. The van der Waals surface area contributed by atoms with Crippen LogP contribution < -0.4 is 10.6 Å². The number of rotatable bonds is 4. The molecule has 1 aliphatic rings. The first-order valence-corrected chi connectivity index (χ1v) is 10.2. The molecule has 0 aliphatic carbocycles. The highest BCUT2D eigenvalue weighted by Crippen LogP contribution is 2.38. The topological polar surface area (TPSA) is 59.2 Å². The summed E-state index contributed by atoms with van der Waals surface area (Å²) < 4.78 is 0. The Balaban J connectivity index is 1.79. The number of carbonyl (C=O) groups excluding carboxylic acids is 1. The lowest BCUT2D eigenvalue weighted by atomic mass is 9.99. The fraction of sp³-hybridized carbons (Fsp3) is 0.217. The molecule has 29 heavy (non-hydrogen) atoms. The van der Waals surface area contributed by atoms with E-state index >= 15 is 0 Å². The molecule has 148 valence electrons. The smallest absolute Gasteiger partial charge is 0.221 e. The van der Waals surface area contributed by atoms with Crippen molar-refractivity contribution < 1.29 is 4.79 Å². The van der Waals surface area contributed by atoms with E-state index in [1.165, 1.54) is 0 Å². The second-order valence-corrected chi connectivity index (χ2v) is 8.15. The Hall–Kier alpha value is -2.56. The molecule has 0 bridgehead atoms. The number of aryl methyl sites for hydroxylation is 1. The maximum atomic E-state index is 11.2. The van der Waals surface area contributed by atoms with Crippen molar-refractivity contribution in [1.29, 1.82) is 0 Å². The summed E-state index contributed by atoms with van der Waals surface area (Å²) in [6.07, 6.45) is 3.27. The monoisotopic (exact) mass is 425 g/mol. The summed E-state index contributed by atoms with van der Waals surface area (Å²) in [5.41, 5.74) is 11.3. The van der Waals surface area contributed by atoms with Crippen LogP contribution in [0.3, 0.4) is 0 Å². The number of carbonyl (C=O) groups is 1. The number of nitrogens with zero attached hydrogens (tertiary/aromatic N) is 2. The third-order valence-corrected chi connectivity index (χ3v) is 5.76. The standard InChI is InChI=1S/C23H21Cl2N3O/c1-14-11-21(28-9-7-15(8-10-28)12-22(26)29)19-4-2-3-18(23(19)27-14)17-6-5-16(24)13-20(17)25/h2-7,11,13H,8-10,12H2,1H3,(H2,26,29). The number of fused-ring (bicyclic) bond motifs is 1. The molecular formula is C23H21Cl2N3O. The van der Waals surface area contributed by atoms with Crippen molar-refractivity contribution in [3.05, 3.63) is 69.9 Å². The molecule has 0 radical (unpaired) electrons. The zero-order valence-corrected chi connectivity index (χ0v) is 17.6. The minimum absolute atomic E-state index is 0.278. The molecule has 4 rings (SSSR count). The van der Waals surface area contributed by atoms with Gasteiger partial charge in [-0.05, 0) is 31.5 Å². The van der Waals surface area contributed by atoms with Crippen LogP contribution in [0.4, 0.5) is 5.69 Å². The predicted octanol–water partition coefficient (Wildman–Crippen LogP) is 5.53. The molecule has 1 aromatic heterocycles. The van der Waals surface area contributed by atoms with E-state index in [4.69, 9.17) is 33.9 Å². The van der Waals surface area contributed by atoms with Gasteiger partial charge in [0.2, 0.25) is 5.91 Å². The molecule has 3 aromatic rings. The van der Waals surface area contributed by atoms with Crippen molar-refractivity contribution in [3.8, 4) is 11.1 Å². The van der Waals surface area contributed by atoms with Crippen LogP contribution in [0.5, 0.6) is 0 Å². The SMILES string of the molecule is Cc1cc(N2CC=C(CC(N)=O)CC2)c2cccc(-c3ccc(Cl)cc3Cl)c2n1. The van der Waals surface area contributed by atoms with Gasteiger partial charge in [-0.1, -0.05) is 59.1 Å². The Kier molecular flexibility index (Phi) is 5.48. The Labute approximate surface area is 179 Å². The van der Waals surface area contributed by atoms with E-state index in [1.807, 2.05) is 31.2 Å². The molecule has 0 saturated carbocycles. The summed E-state index contributed by atoms with van der Waals surface area (Å²) in [4.78, 5) is 18.3. The van der Waals surface area contributed by atoms with Crippen molar-refractivity contribution in [2.45, 2.75) is 19.8 Å². The van der Waals surface area contributed by atoms with E-state index in [-0.39, 0.29) is 5.91 Å². The molecule has 6 heteroatoms. The maximum absolute atomic E-state index is 11.2. The zero-order valence-electron chi connectivity index (χ0n) is 16.1. The summed E-state index contributed by atoms with van der Waals surface area (Å²) in [5.74, 6) is -0.278. The van der Waals surface area contributed by atoms with Crippen molar-refractivity contribution in [1.82, 2.24) is 4.98 Å². The molecule has 0 saturated heterocycles. The lowest BCUT2D eigenvalue weighted by Gasteiger charge is -2.29. The summed E-state index contributed by atoms with van der Waals surface area (Å²) in [7, 11) is 0. The van der Waals surface area contributed by atoms with E-state index in [1.54, 1.807) is 6.07 Å². The van der Waals surface area contributed by atoms with Gasteiger partial charge in [0.05, 0.1) is 5.52 Å². The number of hydrogen-bond acceptors (Lipinski definition) is 3. The van der Waals surface area contributed by atoms with Crippen LogP contribution >= 0.6 is 23.2 Å². The first-order chi connectivity index (χ1) is 13.9. The largest absolute Gasteiger partial charge is 0.369 e. The van der Waals surface area contributed by atoms with Gasteiger partial charge in [0.1, 0.15) is 0 Å². The third-order valence-electron chi connectivity index (χ3n) is 5.21. The molecule has 0 spiro atoms. The number of halogens is 2. The van der Waals surface area contributed by atoms with Crippen molar-refractivity contribution in [3.63, 3.8) is 0 Å². The fourth-order valence-electron chi connectivity index (χ4n) is 3.86. The lowest BCUT2D eigenvalue weighted by Crippen LogP contribution is -2.29. The molecule has 0 atom stereocenters. The minimum Gasteiger partial charge on any atom is -0.369 e. The predicted molar refractivity (Wildman–Crippen MR) is 121 cm³/mol. The molecule has 2 aromatic carbocycles. The van der Waals surface area contributed by atoms with Crippen molar-refractivity contribution >= 4 is 45.7 Å². The molecule has 0 unspecified atom stereocenters. The highest BCUT2D eigenvalue weighted by atomic mass is 35.5. The summed E-state index contributed by atoms with van der Waals surface area (Å²) >= 11 is 12.6. The Bertz CT molecular complexity index is 1140. The van der Waals surface area contributed by atoms with E-state index in [0.717, 1.165) is 58.5 Å². The first-order valence-electron chi connectivity index (χ1n) is 9.49. The third kappa shape index (κ3) is 4.09. The van der Waals surface area contributed by atoms with Gasteiger partial charge in [-0.3, -0.25) is 9.78 Å². The average Bonchev–Trinajstić information content (AvgIpc) is 2.67. The van der Waals surface area contributed by atoms with Gasteiger partial charge in [-0.2, -0.15) is 0 Å². The fourth-order valence-corrected chi connectivity index (χ4v) is 4.37. The van der Waals surface area contributed by atoms with Gasteiger partial charge in [0, 0.05) is 57.5 Å². The minimum atomic E-state index is -0.278. The van der Waals surface area contributed by atoms with E-state index in [0.29, 0.717) is 16.5 Å². The van der Waals surface area contributed by atoms with Crippen molar-refractivity contribution in [2.24, 2.45) is 5.73 Å². The lowest BCUT2D eigenvalue weighted by molar-refractivity contribution is -0.117. The number of anilines is 1. The Morgan fingerprint density at radius 1 is 1.17 bits per heavy atom. The quantitative estimate of drug-likeness (QED) is 0.558. The number of benzene rings is 2. The first kappa shape index (κ1) is 19.7. The number of aromatic nitrogens is 1. The maximum Gasteiger partial charge on any atom is 0.221 e. The molecule has 1 amide bonds. The van der Waals surface area contributed by atoms with E-state index in [9.17, 15) is 4.79 Å². The summed E-state index contributed by atoms with van der Waals surface area (Å²) in [6, 6.07) is 13.8. The second kappa shape index (κ2) is 8.05. The van der Waals surface area contributed by atoms with Gasteiger partial charge in [-0.15, -0.1) is 0 Å². The average molecular weight is 426 g/mol. The Morgan fingerprint density at radius 2 is 2.00 bits per heavy atom. The molecule has 2 heterocycles. The molecule has 0 fully saturated rings. The number of pyridine rings is 1. The van der Waals surface area contributed by atoms with Crippen LogP contribution in [0.15, 0.2) is 54.1 Å². The van der Waals surface area contributed by atoms with Gasteiger partial charge in [0.15, 0.2) is 0 Å².